The molecular formula is C13H20O. The smallest absolute Gasteiger partial charge is 0.122 e. The van der Waals surface area contributed by atoms with Gasteiger partial charge in [-0.15, -0.1) is 0 Å². The first-order valence-corrected chi connectivity index (χ1v) is 5.51. The van der Waals surface area contributed by atoms with Gasteiger partial charge in [0.25, 0.3) is 0 Å². The maximum Gasteiger partial charge on any atom is 0.122 e. The number of hydrogen-bond acceptors (Lipinski definition) is 1. The van der Waals surface area contributed by atoms with Crippen LogP contribution in [0.15, 0.2) is 18.2 Å². The monoisotopic (exact) mass is 192 g/mol. The molecule has 0 bridgehead atoms. The van der Waals surface area contributed by atoms with Crippen molar-refractivity contribution in [3.8, 4) is 5.75 Å². The molecule has 0 saturated heterocycles. The lowest BCUT2D eigenvalue weighted by Crippen LogP contribution is -2.11. The van der Waals surface area contributed by atoms with Gasteiger partial charge >= 0.3 is 0 Å². The summed E-state index contributed by atoms with van der Waals surface area (Å²) in [7, 11) is 0. The van der Waals surface area contributed by atoms with Crippen molar-refractivity contribution < 1.29 is 4.74 Å². The third-order valence-electron chi connectivity index (χ3n) is 2.50. The Kier molecular flexibility index (Phi) is 3.99. The number of benzene rings is 1. The fraction of sp³-hybridized carbons (Fsp3) is 0.538. The summed E-state index contributed by atoms with van der Waals surface area (Å²) in [5.74, 6) is 1.74. The second-order valence-corrected chi connectivity index (χ2v) is 3.58. The van der Waals surface area contributed by atoms with Crippen molar-refractivity contribution in [2.24, 2.45) is 0 Å². The first-order valence-electron chi connectivity index (χ1n) is 5.51. The van der Waals surface area contributed by atoms with Gasteiger partial charge in [0, 0.05) is 0 Å². The SMILES string of the molecule is CC.Cc1ccc2c(c1)C(C)CCO2. The molecule has 1 atom stereocenters. The molecule has 1 heteroatoms. The molecular weight excluding hydrogens is 172 g/mol. The molecule has 0 N–H and O–H groups in total. The van der Waals surface area contributed by atoms with Crippen molar-refractivity contribution in [3.63, 3.8) is 0 Å². The lowest BCUT2D eigenvalue weighted by molar-refractivity contribution is 0.272. The molecule has 0 radical (unpaired) electrons. The fourth-order valence-electron chi connectivity index (χ4n) is 1.69. The summed E-state index contributed by atoms with van der Waals surface area (Å²) in [6.07, 6.45) is 1.15. The number of hydrogen-bond donors (Lipinski definition) is 0. The van der Waals surface area contributed by atoms with Crippen molar-refractivity contribution in [1.29, 1.82) is 0 Å². The Balaban J connectivity index is 0.000000461. The van der Waals surface area contributed by atoms with E-state index in [1.54, 1.807) is 0 Å². The molecule has 0 amide bonds. The molecule has 0 saturated carbocycles. The molecule has 2 rings (SSSR count). The highest BCUT2D eigenvalue weighted by Gasteiger charge is 2.16. The van der Waals surface area contributed by atoms with Gasteiger partial charge in [-0.1, -0.05) is 38.5 Å². The topological polar surface area (TPSA) is 9.23 Å². The van der Waals surface area contributed by atoms with Crippen LogP contribution in [0.4, 0.5) is 0 Å². The van der Waals surface area contributed by atoms with Crippen molar-refractivity contribution >= 4 is 0 Å². The summed E-state index contributed by atoms with van der Waals surface area (Å²) in [6.45, 7) is 9.26. The molecule has 0 fully saturated rings. The highest BCUT2D eigenvalue weighted by Crippen LogP contribution is 2.33. The van der Waals surface area contributed by atoms with Crippen LogP contribution < -0.4 is 4.74 Å². The van der Waals surface area contributed by atoms with E-state index in [1.165, 1.54) is 11.1 Å². The van der Waals surface area contributed by atoms with E-state index in [-0.39, 0.29) is 0 Å². The minimum atomic E-state index is 0.661. The second-order valence-electron chi connectivity index (χ2n) is 3.58. The molecule has 14 heavy (non-hydrogen) atoms. The minimum absolute atomic E-state index is 0.661. The predicted molar refractivity (Wildman–Crippen MR) is 61.1 cm³/mol. The van der Waals surface area contributed by atoms with Crippen LogP contribution in [0.2, 0.25) is 0 Å². The Labute approximate surface area is 87.1 Å². The zero-order valence-corrected chi connectivity index (χ0v) is 9.63. The van der Waals surface area contributed by atoms with E-state index in [0.29, 0.717) is 5.92 Å². The van der Waals surface area contributed by atoms with Gasteiger partial charge in [0.05, 0.1) is 6.61 Å². The summed E-state index contributed by atoms with van der Waals surface area (Å²) in [5, 5.41) is 0. The van der Waals surface area contributed by atoms with Crippen LogP contribution in [-0.2, 0) is 0 Å². The van der Waals surface area contributed by atoms with Gasteiger partial charge < -0.3 is 4.74 Å². The highest BCUT2D eigenvalue weighted by atomic mass is 16.5. The minimum Gasteiger partial charge on any atom is -0.493 e. The molecule has 1 aliphatic heterocycles. The van der Waals surface area contributed by atoms with Crippen LogP contribution in [-0.4, -0.2) is 6.61 Å². The van der Waals surface area contributed by atoms with E-state index < -0.39 is 0 Å². The van der Waals surface area contributed by atoms with Crippen molar-refractivity contribution in [1.82, 2.24) is 0 Å². The maximum atomic E-state index is 5.55. The van der Waals surface area contributed by atoms with Gasteiger partial charge in [-0.05, 0) is 30.9 Å². The maximum absolute atomic E-state index is 5.55. The molecule has 1 nitrogen and oxygen atoms in total. The summed E-state index contributed by atoms with van der Waals surface area (Å²) in [4.78, 5) is 0. The van der Waals surface area contributed by atoms with E-state index >= 15 is 0 Å². The van der Waals surface area contributed by atoms with E-state index in [1.807, 2.05) is 13.8 Å². The molecule has 1 aromatic carbocycles. The second kappa shape index (κ2) is 5.04. The van der Waals surface area contributed by atoms with E-state index in [4.69, 9.17) is 4.74 Å². The van der Waals surface area contributed by atoms with E-state index in [0.717, 1.165) is 18.8 Å². The predicted octanol–water partition coefficient (Wildman–Crippen LogP) is 3.91. The van der Waals surface area contributed by atoms with Crippen LogP contribution in [0.25, 0.3) is 0 Å². The van der Waals surface area contributed by atoms with Crippen LogP contribution in [0.5, 0.6) is 5.75 Å². The van der Waals surface area contributed by atoms with Gasteiger partial charge in [0.2, 0.25) is 0 Å². The van der Waals surface area contributed by atoms with Crippen molar-refractivity contribution in [3.05, 3.63) is 29.3 Å². The summed E-state index contributed by atoms with van der Waals surface area (Å²) >= 11 is 0. The number of aryl methyl sites for hydroxylation is 1. The Bertz CT molecular complexity index is 291. The summed E-state index contributed by atoms with van der Waals surface area (Å²) in [6, 6.07) is 6.43. The normalized spacial score (nSPS) is 18.7. The third kappa shape index (κ3) is 2.28. The zero-order chi connectivity index (χ0) is 10.6. The zero-order valence-electron chi connectivity index (χ0n) is 9.63. The average Bonchev–Trinajstić information content (AvgIpc) is 2.22. The van der Waals surface area contributed by atoms with Gasteiger partial charge in [0.15, 0.2) is 0 Å². The van der Waals surface area contributed by atoms with Crippen molar-refractivity contribution in [2.45, 2.75) is 40.0 Å². The standard InChI is InChI=1S/C11H14O.C2H6/c1-8-3-4-11-10(7-8)9(2)5-6-12-11;1-2/h3-4,7,9H,5-6H2,1-2H3;1-2H3. The summed E-state index contributed by atoms with van der Waals surface area (Å²) in [5.41, 5.74) is 2.70. The number of fused-ring (bicyclic) bond motifs is 1. The van der Waals surface area contributed by atoms with Gasteiger partial charge in [-0.25, -0.2) is 0 Å². The van der Waals surface area contributed by atoms with Crippen LogP contribution in [0.1, 0.15) is 44.2 Å². The van der Waals surface area contributed by atoms with E-state index in [2.05, 4.69) is 32.0 Å². The fourth-order valence-corrected chi connectivity index (χ4v) is 1.69. The summed E-state index contributed by atoms with van der Waals surface area (Å²) < 4.78 is 5.55. The van der Waals surface area contributed by atoms with Crippen molar-refractivity contribution in [2.75, 3.05) is 6.61 Å². The Morgan fingerprint density at radius 2 is 2.00 bits per heavy atom. The van der Waals surface area contributed by atoms with Crippen LogP contribution >= 0.6 is 0 Å². The largest absolute Gasteiger partial charge is 0.493 e. The third-order valence-corrected chi connectivity index (χ3v) is 2.50. The highest BCUT2D eigenvalue weighted by molar-refractivity contribution is 5.40. The van der Waals surface area contributed by atoms with Gasteiger partial charge in [-0.3, -0.25) is 0 Å². The Hall–Kier alpha value is -0.980. The lowest BCUT2D eigenvalue weighted by Gasteiger charge is -2.23. The molecule has 1 heterocycles. The quantitative estimate of drug-likeness (QED) is 0.605. The van der Waals surface area contributed by atoms with Gasteiger partial charge in [-0.2, -0.15) is 0 Å². The molecule has 78 valence electrons. The molecule has 0 aliphatic carbocycles. The molecule has 0 aromatic heterocycles. The van der Waals surface area contributed by atoms with E-state index in [9.17, 15) is 0 Å². The first-order chi connectivity index (χ1) is 6.77. The molecule has 0 spiro atoms. The Morgan fingerprint density at radius 1 is 1.29 bits per heavy atom. The Morgan fingerprint density at radius 3 is 2.71 bits per heavy atom. The van der Waals surface area contributed by atoms with Gasteiger partial charge in [0.1, 0.15) is 5.75 Å². The lowest BCUT2D eigenvalue weighted by atomic mass is 9.94. The molecule has 1 unspecified atom stereocenters. The molecule has 1 aliphatic rings. The first kappa shape index (κ1) is 11.1. The van der Waals surface area contributed by atoms with Crippen LogP contribution in [0, 0.1) is 6.92 Å². The average molecular weight is 192 g/mol. The number of ether oxygens (including phenoxy) is 1. The van der Waals surface area contributed by atoms with Crippen LogP contribution in [0.3, 0.4) is 0 Å². The number of rotatable bonds is 0. The molecule has 1 aromatic rings.